The monoisotopic (exact) mass is 275 g/mol. The van der Waals surface area contributed by atoms with Gasteiger partial charge in [0.05, 0.1) is 26.0 Å². The van der Waals surface area contributed by atoms with Crippen LogP contribution in [0.25, 0.3) is 0 Å². The van der Waals surface area contributed by atoms with Crippen molar-refractivity contribution < 1.29 is 9.47 Å². The average Bonchev–Trinajstić information content (AvgIpc) is 2.52. The van der Waals surface area contributed by atoms with Gasteiger partial charge in [-0.1, -0.05) is 6.92 Å². The van der Waals surface area contributed by atoms with E-state index in [1.165, 1.54) is 6.33 Å². The third kappa shape index (κ3) is 3.00. The second-order valence-electron chi connectivity index (χ2n) is 3.93. The number of methoxy groups -OCH3 is 2. The minimum Gasteiger partial charge on any atom is -0.481 e. The standard InChI is InChI=1S/C13H17N5O2/c1-4-14-11(9-7-10(19-2)18-8-17-9)12-13(20-3)16-6-5-15-12/h5-8,11,14H,4H2,1-3H3. The molecular formula is C13H17N5O2. The molecule has 2 rings (SSSR count). The smallest absolute Gasteiger partial charge is 0.237 e. The molecule has 0 amide bonds. The molecule has 7 heteroatoms. The first-order chi connectivity index (χ1) is 9.80. The van der Waals surface area contributed by atoms with Gasteiger partial charge in [0, 0.05) is 18.5 Å². The van der Waals surface area contributed by atoms with E-state index in [1.807, 2.05) is 6.92 Å². The van der Waals surface area contributed by atoms with Crippen molar-refractivity contribution in [3.8, 4) is 11.8 Å². The molecule has 0 bridgehead atoms. The highest BCUT2D eigenvalue weighted by molar-refractivity contribution is 5.30. The van der Waals surface area contributed by atoms with Gasteiger partial charge >= 0.3 is 0 Å². The highest BCUT2D eigenvalue weighted by Crippen LogP contribution is 2.26. The van der Waals surface area contributed by atoms with Gasteiger partial charge in [0.25, 0.3) is 0 Å². The molecule has 0 spiro atoms. The van der Waals surface area contributed by atoms with E-state index in [0.29, 0.717) is 17.5 Å². The highest BCUT2D eigenvalue weighted by atomic mass is 16.5. The Morgan fingerprint density at radius 2 is 1.90 bits per heavy atom. The van der Waals surface area contributed by atoms with E-state index in [1.54, 1.807) is 32.7 Å². The zero-order valence-electron chi connectivity index (χ0n) is 11.7. The molecule has 0 saturated heterocycles. The normalized spacial score (nSPS) is 11.9. The predicted octanol–water partition coefficient (Wildman–Crippen LogP) is 0.983. The molecule has 2 aromatic heterocycles. The number of nitrogens with one attached hydrogen (secondary N) is 1. The Morgan fingerprint density at radius 3 is 2.60 bits per heavy atom. The van der Waals surface area contributed by atoms with Crippen LogP contribution in [0.5, 0.6) is 11.8 Å². The number of aromatic nitrogens is 4. The lowest BCUT2D eigenvalue weighted by Crippen LogP contribution is -2.25. The van der Waals surface area contributed by atoms with Crippen LogP contribution >= 0.6 is 0 Å². The minimum atomic E-state index is -0.236. The van der Waals surface area contributed by atoms with Crippen LogP contribution in [0, 0.1) is 0 Å². The SMILES string of the molecule is CCNC(c1cc(OC)ncn1)c1nccnc1OC. The topological polar surface area (TPSA) is 82.0 Å². The van der Waals surface area contributed by atoms with Crippen LogP contribution in [-0.2, 0) is 0 Å². The third-order valence-electron chi connectivity index (χ3n) is 2.73. The van der Waals surface area contributed by atoms with E-state index in [0.717, 1.165) is 12.2 Å². The van der Waals surface area contributed by atoms with Crippen LogP contribution in [0.4, 0.5) is 0 Å². The highest BCUT2D eigenvalue weighted by Gasteiger charge is 2.21. The van der Waals surface area contributed by atoms with Crippen molar-refractivity contribution >= 4 is 0 Å². The first-order valence-electron chi connectivity index (χ1n) is 6.24. The van der Waals surface area contributed by atoms with E-state index < -0.39 is 0 Å². The zero-order valence-corrected chi connectivity index (χ0v) is 11.7. The van der Waals surface area contributed by atoms with Crippen LogP contribution in [-0.4, -0.2) is 40.7 Å². The fourth-order valence-electron chi connectivity index (χ4n) is 1.86. The van der Waals surface area contributed by atoms with Gasteiger partial charge in [0.1, 0.15) is 12.0 Å². The molecule has 2 aromatic rings. The zero-order chi connectivity index (χ0) is 14.4. The van der Waals surface area contributed by atoms with Crippen molar-refractivity contribution in [3.63, 3.8) is 0 Å². The van der Waals surface area contributed by atoms with Gasteiger partial charge in [-0.25, -0.2) is 15.0 Å². The van der Waals surface area contributed by atoms with Crippen molar-refractivity contribution in [2.75, 3.05) is 20.8 Å². The fourth-order valence-corrected chi connectivity index (χ4v) is 1.86. The lowest BCUT2D eigenvalue weighted by atomic mass is 10.1. The van der Waals surface area contributed by atoms with Gasteiger partial charge in [-0.05, 0) is 6.54 Å². The number of ether oxygens (including phenoxy) is 2. The lowest BCUT2D eigenvalue weighted by molar-refractivity contribution is 0.380. The molecule has 106 valence electrons. The fraction of sp³-hybridized carbons (Fsp3) is 0.385. The summed E-state index contributed by atoms with van der Waals surface area (Å²) >= 11 is 0. The van der Waals surface area contributed by atoms with Crippen molar-refractivity contribution in [3.05, 3.63) is 36.2 Å². The summed E-state index contributed by atoms with van der Waals surface area (Å²) < 4.78 is 10.4. The van der Waals surface area contributed by atoms with Crippen LogP contribution < -0.4 is 14.8 Å². The Morgan fingerprint density at radius 1 is 1.10 bits per heavy atom. The molecule has 0 aliphatic carbocycles. The van der Waals surface area contributed by atoms with Gasteiger partial charge in [0.2, 0.25) is 11.8 Å². The molecule has 0 fully saturated rings. The maximum absolute atomic E-state index is 5.26. The number of nitrogens with zero attached hydrogens (tertiary/aromatic N) is 4. The Balaban J connectivity index is 2.44. The van der Waals surface area contributed by atoms with Gasteiger partial charge in [-0.3, -0.25) is 4.98 Å². The van der Waals surface area contributed by atoms with Crippen molar-refractivity contribution in [2.24, 2.45) is 0 Å². The number of hydrogen-bond acceptors (Lipinski definition) is 7. The van der Waals surface area contributed by atoms with E-state index in [4.69, 9.17) is 9.47 Å². The van der Waals surface area contributed by atoms with Gasteiger partial charge < -0.3 is 14.8 Å². The molecule has 2 heterocycles. The quantitative estimate of drug-likeness (QED) is 0.841. The largest absolute Gasteiger partial charge is 0.481 e. The number of rotatable bonds is 6. The maximum atomic E-state index is 5.26. The summed E-state index contributed by atoms with van der Waals surface area (Å²) in [5, 5.41) is 3.31. The summed E-state index contributed by atoms with van der Waals surface area (Å²) in [7, 11) is 3.13. The summed E-state index contributed by atoms with van der Waals surface area (Å²) in [5.41, 5.74) is 1.43. The van der Waals surface area contributed by atoms with Gasteiger partial charge in [0.15, 0.2) is 0 Å². The predicted molar refractivity (Wildman–Crippen MR) is 72.7 cm³/mol. The van der Waals surface area contributed by atoms with Crippen molar-refractivity contribution in [1.82, 2.24) is 25.3 Å². The summed E-state index contributed by atoms with van der Waals surface area (Å²) in [5.74, 6) is 0.969. The van der Waals surface area contributed by atoms with Crippen LogP contribution in [0.15, 0.2) is 24.8 Å². The van der Waals surface area contributed by atoms with E-state index >= 15 is 0 Å². The lowest BCUT2D eigenvalue weighted by Gasteiger charge is -2.18. The molecule has 0 aliphatic rings. The molecule has 0 aromatic carbocycles. The Labute approximate surface area is 117 Å². The molecule has 0 saturated carbocycles. The summed E-state index contributed by atoms with van der Waals surface area (Å²) in [6.07, 6.45) is 4.67. The summed E-state index contributed by atoms with van der Waals surface area (Å²) in [6.45, 7) is 2.75. The van der Waals surface area contributed by atoms with Crippen LogP contribution in [0.1, 0.15) is 24.4 Å². The van der Waals surface area contributed by atoms with Crippen molar-refractivity contribution in [1.29, 1.82) is 0 Å². The number of hydrogen-bond donors (Lipinski definition) is 1. The molecule has 1 atom stereocenters. The first-order valence-corrected chi connectivity index (χ1v) is 6.24. The average molecular weight is 275 g/mol. The second kappa shape index (κ2) is 6.76. The molecule has 0 radical (unpaired) electrons. The Kier molecular flexibility index (Phi) is 4.78. The summed E-state index contributed by atoms with van der Waals surface area (Å²) in [4.78, 5) is 16.8. The third-order valence-corrected chi connectivity index (χ3v) is 2.73. The Hall–Kier alpha value is -2.28. The molecule has 7 nitrogen and oxygen atoms in total. The molecular weight excluding hydrogens is 258 g/mol. The maximum Gasteiger partial charge on any atom is 0.237 e. The van der Waals surface area contributed by atoms with E-state index in [2.05, 4.69) is 25.3 Å². The van der Waals surface area contributed by atoms with Crippen LogP contribution in [0.3, 0.4) is 0 Å². The molecule has 0 aliphatic heterocycles. The van der Waals surface area contributed by atoms with E-state index in [9.17, 15) is 0 Å². The molecule has 1 N–H and O–H groups in total. The van der Waals surface area contributed by atoms with Gasteiger partial charge in [-0.15, -0.1) is 0 Å². The van der Waals surface area contributed by atoms with E-state index in [-0.39, 0.29) is 6.04 Å². The molecule has 1 unspecified atom stereocenters. The van der Waals surface area contributed by atoms with Crippen LogP contribution in [0.2, 0.25) is 0 Å². The molecule has 20 heavy (non-hydrogen) atoms. The Bertz CT molecular complexity index is 564. The van der Waals surface area contributed by atoms with Gasteiger partial charge in [-0.2, -0.15) is 0 Å². The summed E-state index contributed by atoms with van der Waals surface area (Å²) in [6, 6.07) is 1.53. The van der Waals surface area contributed by atoms with Crippen molar-refractivity contribution in [2.45, 2.75) is 13.0 Å². The first kappa shape index (κ1) is 14.1. The second-order valence-corrected chi connectivity index (χ2v) is 3.93. The minimum absolute atomic E-state index is 0.236.